The summed E-state index contributed by atoms with van der Waals surface area (Å²) >= 11 is 0. The minimum atomic E-state index is -0.206. The van der Waals surface area contributed by atoms with Crippen LogP contribution in [-0.4, -0.2) is 25.2 Å². The average Bonchev–Trinajstić information content (AvgIpc) is 2.93. The molecule has 0 saturated carbocycles. The van der Waals surface area contributed by atoms with Crippen molar-refractivity contribution in [2.45, 2.75) is 156 Å². The lowest BCUT2D eigenvalue weighted by Gasteiger charge is -2.02. The molecule has 0 aromatic carbocycles. The van der Waals surface area contributed by atoms with Crippen molar-refractivity contribution in [1.82, 2.24) is 0 Å². The van der Waals surface area contributed by atoms with Crippen molar-refractivity contribution in [3.63, 3.8) is 0 Å². The summed E-state index contributed by atoms with van der Waals surface area (Å²) in [7, 11) is 0. The molecule has 0 spiro atoms. The summed E-state index contributed by atoms with van der Waals surface area (Å²) in [6.07, 6.45) is 42.5. The molecule has 0 N–H and O–H groups in total. The molecule has 4 nitrogen and oxygen atoms in total. The Morgan fingerprint density at radius 1 is 0.450 bits per heavy atom. The molecule has 232 valence electrons. The maximum atomic E-state index is 10.6. The highest BCUT2D eigenvalue weighted by molar-refractivity contribution is 5.66. The van der Waals surface area contributed by atoms with E-state index < -0.39 is 0 Å². The smallest absolute Gasteiger partial charge is 0.302 e. The van der Waals surface area contributed by atoms with E-state index in [1.165, 1.54) is 123 Å². The van der Waals surface area contributed by atoms with Crippen LogP contribution in [0.3, 0.4) is 0 Å². The van der Waals surface area contributed by atoms with Gasteiger partial charge in [0.25, 0.3) is 0 Å². The van der Waals surface area contributed by atoms with Gasteiger partial charge >= 0.3 is 11.9 Å². The van der Waals surface area contributed by atoms with Crippen LogP contribution in [0.4, 0.5) is 0 Å². The van der Waals surface area contributed by atoms with Crippen molar-refractivity contribution in [1.29, 1.82) is 0 Å². The molecule has 0 rings (SSSR count). The van der Waals surface area contributed by atoms with Gasteiger partial charge in [-0.25, -0.2) is 0 Å². The highest BCUT2D eigenvalue weighted by Gasteiger charge is 1.94. The summed E-state index contributed by atoms with van der Waals surface area (Å²) in [5.74, 6) is -0.371. The number of carbonyl (C=O) groups is 2. The number of hydrogen-bond donors (Lipinski definition) is 0. The summed E-state index contributed by atoms with van der Waals surface area (Å²) in [6, 6.07) is 0. The molecular formula is C36H64O4. The van der Waals surface area contributed by atoms with Crippen LogP contribution in [0, 0.1) is 0 Å². The molecule has 0 aliphatic rings. The van der Waals surface area contributed by atoms with Crippen LogP contribution in [0.5, 0.6) is 0 Å². The SMILES string of the molecule is CCCCC/C=C\C/C=C\CCCCCCCCOC(C)=O.CCCCCCCC/C=C\C=C\CCOC(C)=O. The normalized spacial score (nSPS) is 11.5. The molecule has 0 atom stereocenters. The molecule has 0 radical (unpaired) electrons. The lowest BCUT2D eigenvalue weighted by atomic mass is 10.1. The first-order chi connectivity index (χ1) is 19.5. The van der Waals surface area contributed by atoms with Crippen LogP contribution in [0.15, 0.2) is 48.6 Å². The van der Waals surface area contributed by atoms with Crippen LogP contribution in [0.25, 0.3) is 0 Å². The van der Waals surface area contributed by atoms with Gasteiger partial charge in [-0.1, -0.05) is 133 Å². The van der Waals surface area contributed by atoms with Crippen LogP contribution >= 0.6 is 0 Å². The van der Waals surface area contributed by atoms with E-state index >= 15 is 0 Å². The zero-order valence-corrected chi connectivity index (χ0v) is 26.8. The first-order valence-electron chi connectivity index (χ1n) is 16.4. The van der Waals surface area contributed by atoms with Gasteiger partial charge in [0, 0.05) is 13.8 Å². The molecule has 0 heterocycles. The quantitative estimate of drug-likeness (QED) is 0.0457. The van der Waals surface area contributed by atoms with Crippen molar-refractivity contribution in [2.24, 2.45) is 0 Å². The van der Waals surface area contributed by atoms with Gasteiger partial charge < -0.3 is 9.47 Å². The molecule has 0 aliphatic heterocycles. The molecule has 0 saturated heterocycles. The molecule has 0 fully saturated rings. The number of rotatable bonds is 26. The van der Waals surface area contributed by atoms with Crippen molar-refractivity contribution >= 4 is 11.9 Å². The van der Waals surface area contributed by atoms with Gasteiger partial charge in [0.2, 0.25) is 0 Å². The summed E-state index contributed by atoms with van der Waals surface area (Å²) in [6.45, 7) is 8.47. The minimum absolute atomic E-state index is 0.164. The fourth-order valence-corrected chi connectivity index (χ4v) is 3.97. The van der Waals surface area contributed by atoms with Gasteiger partial charge in [-0.2, -0.15) is 0 Å². The Kier molecular flexibility index (Phi) is 36.9. The Bertz CT molecular complexity index is 645. The third-order valence-electron chi connectivity index (χ3n) is 6.35. The van der Waals surface area contributed by atoms with E-state index in [4.69, 9.17) is 9.47 Å². The fraction of sp³-hybridized carbons (Fsp3) is 0.722. The van der Waals surface area contributed by atoms with Crippen molar-refractivity contribution < 1.29 is 19.1 Å². The molecule has 0 bridgehead atoms. The zero-order chi connectivity index (χ0) is 29.8. The second-order valence-electron chi connectivity index (χ2n) is 10.5. The van der Waals surface area contributed by atoms with Gasteiger partial charge in [-0.3, -0.25) is 9.59 Å². The fourth-order valence-electron chi connectivity index (χ4n) is 3.97. The van der Waals surface area contributed by atoms with E-state index in [0.717, 1.165) is 19.3 Å². The maximum absolute atomic E-state index is 10.6. The molecular weight excluding hydrogens is 496 g/mol. The highest BCUT2D eigenvalue weighted by Crippen LogP contribution is 2.09. The number of allylic oxidation sites excluding steroid dienone is 7. The molecule has 0 unspecified atom stereocenters. The number of carbonyl (C=O) groups excluding carboxylic acids is 2. The standard InChI is InChI=1S/C20H36O2.C16H28O2/c1-3-4-5-6-7-8-9-10-11-12-13-14-15-16-17-18-19-22-20(2)21;1-3-4-5-6-7-8-9-10-11-12-13-14-15-18-16(2)17/h7-8,10-11H,3-6,9,12-19H2,1-2H3;10-13H,3-9,14-15H2,1-2H3/b8-7-,11-10-;11-10-,13-12+. The predicted molar refractivity (Wildman–Crippen MR) is 174 cm³/mol. The number of unbranched alkanes of at least 4 members (excludes halogenated alkanes) is 15. The van der Waals surface area contributed by atoms with Gasteiger partial charge in [-0.05, 0) is 57.8 Å². The number of esters is 2. The van der Waals surface area contributed by atoms with E-state index in [9.17, 15) is 9.59 Å². The number of hydrogen-bond acceptors (Lipinski definition) is 4. The van der Waals surface area contributed by atoms with Crippen LogP contribution in [-0.2, 0) is 19.1 Å². The van der Waals surface area contributed by atoms with E-state index in [2.05, 4.69) is 50.3 Å². The molecule has 0 aromatic heterocycles. The van der Waals surface area contributed by atoms with E-state index in [0.29, 0.717) is 13.2 Å². The Morgan fingerprint density at radius 3 is 1.40 bits per heavy atom. The van der Waals surface area contributed by atoms with E-state index in [1.807, 2.05) is 12.2 Å². The van der Waals surface area contributed by atoms with Crippen molar-refractivity contribution in [3.8, 4) is 0 Å². The van der Waals surface area contributed by atoms with Gasteiger partial charge in [0.15, 0.2) is 0 Å². The number of ether oxygens (including phenoxy) is 2. The Balaban J connectivity index is 0. The first kappa shape index (κ1) is 40.0. The molecule has 0 aliphatic carbocycles. The van der Waals surface area contributed by atoms with E-state index in [1.54, 1.807) is 0 Å². The van der Waals surface area contributed by atoms with Crippen molar-refractivity contribution in [2.75, 3.05) is 13.2 Å². The van der Waals surface area contributed by atoms with Crippen LogP contribution in [0.2, 0.25) is 0 Å². The Labute approximate surface area is 248 Å². The van der Waals surface area contributed by atoms with Crippen molar-refractivity contribution in [3.05, 3.63) is 48.6 Å². The first-order valence-corrected chi connectivity index (χ1v) is 16.4. The summed E-state index contributed by atoms with van der Waals surface area (Å²) in [4.78, 5) is 21.1. The lowest BCUT2D eigenvalue weighted by molar-refractivity contribution is -0.141. The van der Waals surface area contributed by atoms with Crippen LogP contribution < -0.4 is 0 Å². The van der Waals surface area contributed by atoms with Gasteiger partial charge in [0.1, 0.15) is 0 Å². The maximum Gasteiger partial charge on any atom is 0.302 e. The third kappa shape index (κ3) is 43.0. The molecule has 0 amide bonds. The zero-order valence-electron chi connectivity index (χ0n) is 26.8. The second-order valence-corrected chi connectivity index (χ2v) is 10.5. The summed E-state index contributed by atoms with van der Waals surface area (Å²) < 4.78 is 9.73. The van der Waals surface area contributed by atoms with Gasteiger partial charge in [0.05, 0.1) is 13.2 Å². The predicted octanol–water partition coefficient (Wildman–Crippen LogP) is 11.2. The summed E-state index contributed by atoms with van der Waals surface area (Å²) in [5.41, 5.74) is 0. The minimum Gasteiger partial charge on any atom is -0.466 e. The Hall–Kier alpha value is -2.10. The average molecular weight is 561 g/mol. The molecule has 0 aromatic rings. The largest absolute Gasteiger partial charge is 0.466 e. The third-order valence-corrected chi connectivity index (χ3v) is 6.35. The summed E-state index contributed by atoms with van der Waals surface area (Å²) in [5, 5.41) is 0. The topological polar surface area (TPSA) is 52.6 Å². The second kappa shape index (κ2) is 36.9. The molecule has 40 heavy (non-hydrogen) atoms. The van der Waals surface area contributed by atoms with E-state index in [-0.39, 0.29) is 11.9 Å². The monoisotopic (exact) mass is 560 g/mol. The lowest BCUT2D eigenvalue weighted by Crippen LogP contribution is -1.99. The Morgan fingerprint density at radius 2 is 0.850 bits per heavy atom. The van der Waals surface area contributed by atoms with Gasteiger partial charge in [-0.15, -0.1) is 0 Å². The molecule has 4 heteroatoms. The highest BCUT2D eigenvalue weighted by atomic mass is 16.5. The van der Waals surface area contributed by atoms with Crippen LogP contribution in [0.1, 0.15) is 156 Å².